The molecule has 1 aliphatic heterocycles. The molecule has 1 heterocycles. The molecule has 4 amide bonds. The summed E-state index contributed by atoms with van der Waals surface area (Å²) < 4.78 is 0. The first-order valence-electron chi connectivity index (χ1n) is 19.0. The van der Waals surface area contributed by atoms with Crippen LogP contribution >= 0.6 is 21.6 Å². The van der Waals surface area contributed by atoms with Gasteiger partial charge in [-0.15, -0.1) is 0 Å². The number of hydrogen-bond donors (Lipinski definition) is 2. The molecular formula is C39H61N3O4S2. The molecule has 0 saturated heterocycles. The number of amides is 4. The Kier molecular flexibility index (Phi) is 21.5. The highest BCUT2D eigenvalue weighted by atomic mass is 33.1. The number of nitrogens with zero attached hydrogens (tertiary/aromatic N) is 1. The zero-order chi connectivity index (χ0) is 34.1. The molecule has 0 bridgehead atoms. The molecule has 0 radical (unpaired) electrons. The highest BCUT2D eigenvalue weighted by Gasteiger charge is 2.25. The number of anilines is 1. The van der Waals surface area contributed by atoms with Gasteiger partial charge in [0.15, 0.2) is 0 Å². The fourth-order valence-corrected chi connectivity index (χ4v) is 8.75. The van der Waals surface area contributed by atoms with Gasteiger partial charge in [-0.05, 0) is 62.6 Å². The van der Waals surface area contributed by atoms with Crippen LogP contribution in [0, 0.1) is 5.92 Å². The molecule has 1 aliphatic carbocycles. The number of benzene rings is 1. The molecule has 1 saturated carbocycles. The van der Waals surface area contributed by atoms with E-state index in [4.69, 9.17) is 0 Å². The van der Waals surface area contributed by atoms with Gasteiger partial charge in [0.2, 0.25) is 5.91 Å². The minimum absolute atomic E-state index is 0.179. The Morgan fingerprint density at radius 2 is 1.19 bits per heavy atom. The molecule has 1 aromatic carbocycles. The Labute approximate surface area is 298 Å². The first-order chi connectivity index (χ1) is 23.5. The molecule has 268 valence electrons. The molecule has 1 fully saturated rings. The van der Waals surface area contributed by atoms with Gasteiger partial charge in [-0.3, -0.25) is 19.2 Å². The topological polar surface area (TPSA) is 95.6 Å². The number of hydrogen-bond acceptors (Lipinski definition) is 6. The molecule has 0 unspecified atom stereocenters. The van der Waals surface area contributed by atoms with Crippen LogP contribution in [0.1, 0.15) is 152 Å². The zero-order valence-corrected chi connectivity index (χ0v) is 31.0. The molecule has 9 heteroatoms. The number of carbonyl (C=O) groups is 4. The zero-order valence-electron chi connectivity index (χ0n) is 29.3. The molecule has 0 aromatic heterocycles. The Morgan fingerprint density at radius 3 is 1.77 bits per heavy atom. The second-order valence-corrected chi connectivity index (χ2v) is 16.2. The van der Waals surface area contributed by atoms with Gasteiger partial charge in [0, 0.05) is 48.7 Å². The van der Waals surface area contributed by atoms with Gasteiger partial charge in [0.25, 0.3) is 17.7 Å². The summed E-state index contributed by atoms with van der Waals surface area (Å²) in [4.78, 5) is 49.3. The molecule has 0 spiro atoms. The van der Waals surface area contributed by atoms with Crippen molar-refractivity contribution in [3.05, 3.63) is 42.0 Å². The molecule has 3 rings (SSSR count). The molecule has 1 aromatic rings. The van der Waals surface area contributed by atoms with Gasteiger partial charge < -0.3 is 10.6 Å². The predicted molar refractivity (Wildman–Crippen MR) is 203 cm³/mol. The lowest BCUT2D eigenvalue weighted by Gasteiger charge is -2.14. The van der Waals surface area contributed by atoms with E-state index in [1.807, 2.05) is 0 Å². The second kappa shape index (κ2) is 25.7. The molecule has 2 aliphatic rings. The third-order valence-corrected chi connectivity index (χ3v) is 12.0. The molecule has 7 nitrogen and oxygen atoms in total. The van der Waals surface area contributed by atoms with Crippen LogP contribution in [-0.2, 0) is 14.4 Å². The van der Waals surface area contributed by atoms with E-state index in [2.05, 4.69) is 32.2 Å². The van der Waals surface area contributed by atoms with Crippen LogP contribution in [0.25, 0.3) is 0 Å². The summed E-state index contributed by atoms with van der Waals surface area (Å²) in [6.07, 6.45) is 29.8. The van der Waals surface area contributed by atoms with Crippen molar-refractivity contribution in [2.75, 3.05) is 29.5 Å². The van der Waals surface area contributed by atoms with Crippen molar-refractivity contribution >= 4 is 50.9 Å². The highest BCUT2D eigenvalue weighted by molar-refractivity contribution is 8.76. The first-order valence-corrected chi connectivity index (χ1v) is 21.5. The van der Waals surface area contributed by atoms with Gasteiger partial charge in [-0.2, -0.15) is 0 Å². The van der Waals surface area contributed by atoms with Crippen LogP contribution in [0.4, 0.5) is 5.69 Å². The normalized spacial score (nSPS) is 14.7. The minimum atomic E-state index is -0.384. The SMILES string of the molecule is O=C(CCCCCCCCCCSSCCCCCCCCCCCNC(=O)c1cccc(N2C(=O)C=CC2=O)c1)NCC1CCCC1. The minimum Gasteiger partial charge on any atom is -0.356 e. The number of nitrogens with one attached hydrogen (secondary N) is 2. The van der Waals surface area contributed by atoms with Crippen molar-refractivity contribution in [2.24, 2.45) is 5.92 Å². The van der Waals surface area contributed by atoms with Gasteiger partial charge in [-0.1, -0.05) is 124 Å². The molecule has 0 atom stereocenters. The van der Waals surface area contributed by atoms with Gasteiger partial charge in [0.1, 0.15) is 0 Å². The Morgan fingerprint density at radius 1 is 0.667 bits per heavy atom. The fourth-order valence-electron chi connectivity index (χ4n) is 6.45. The van der Waals surface area contributed by atoms with Crippen molar-refractivity contribution in [3.63, 3.8) is 0 Å². The summed E-state index contributed by atoms with van der Waals surface area (Å²) in [6, 6.07) is 6.64. The van der Waals surface area contributed by atoms with Crippen molar-refractivity contribution in [2.45, 2.75) is 141 Å². The van der Waals surface area contributed by atoms with E-state index < -0.39 is 0 Å². The second-order valence-electron chi connectivity index (χ2n) is 13.5. The highest BCUT2D eigenvalue weighted by Crippen LogP contribution is 2.26. The molecular weight excluding hydrogens is 639 g/mol. The summed E-state index contributed by atoms with van der Waals surface area (Å²) in [7, 11) is 4.11. The van der Waals surface area contributed by atoms with Gasteiger partial charge in [0.05, 0.1) is 5.69 Å². The van der Waals surface area contributed by atoms with Crippen LogP contribution in [0.15, 0.2) is 36.4 Å². The van der Waals surface area contributed by atoms with Crippen molar-refractivity contribution < 1.29 is 19.2 Å². The summed E-state index contributed by atoms with van der Waals surface area (Å²) in [5.74, 6) is 2.60. The lowest BCUT2D eigenvalue weighted by Crippen LogP contribution is -2.30. The average Bonchev–Trinajstić information content (AvgIpc) is 3.74. The third-order valence-electron chi connectivity index (χ3n) is 9.39. The van der Waals surface area contributed by atoms with Crippen LogP contribution in [0.3, 0.4) is 0 Å². The monoisotopic (exact) mass is 699 g/mol. The number of rotatable bonds is 28. The number of imide groups is 1. The standard InChI is InChI=1S/C39H61N3O4S2/c43-36(41-32-33-21-15-16-22-33)25-14-10-6-2-5-9-13-19-30-48-47-29-18-12-8-4-1-3-7-11-17-28-40-39(46)34-23-20-24-35(31-34)42-37(44)26-27-38(42)45/h20,23-24,26-27,31,33H,1-19,21-22,25,28-30,32H2,(H,40,46)(H,41,43). The van der Waals surface area contributed by atoms with E-state index >= 15 is 0 Å². The van der Waals surface area contributed by atoms with E-state index in [0.29, 0.717) is 24.2 Å². The predicted octanol–water partition coefficient (Wildman–Crippen LogP) is 9.56. The average molecular weight is 700 g/mol. The maximum atomic E-state index is 12.5. The molecule has 48 heavy (non-hydrogen) atoms. The first kappa shape index (κ1) is 40.2. The van der Waals surface area contributed by atoms with Crippen LogP contribution < -0.4 is 15.5 Å². The van der Waals surface area contributed by atoms with E-state index in [1.54, 1.807) is 24.3 Å². The fraction of sp³-hybridized carbons (Fsp3) is 0.692. The third kappa shape index (κ3) is 17.4. The van der Waals surface area contributed by atoms with Crippen molar-refractivity contribution in [1.82, 2.24) is 10.6 Å². The summed E-state index contributed by atoms with van der Waals surface area (Å²) in [5, 5.41) is 6.10. The Balaban J connectivity index is 0.986. The van der Waals surface area contributed by atoms with E-state index in [9.17, 15) is 19.2 Å². The van der Waals surface area contributed by atoms with Crippen molar-refractivity contribution in [3.8, 4) is 0 Å². The summed E-state index contributed by atoms with van der Waals surface area (Å²) >= 11 is 0. The Bertz CT molecular complexity index is 1100. The van der Waals surface area contributed by atoms with Gasteiger partial charge in [-0.25, -0.2) is 4.90 Å². The number of unbranched alkanes of at least 4 members (excludes halogenated alkanes) is 15. The largest absolute Gasteiger partial charge is 0.356 e. The van der Waals surface area contributed by atoms with E-state index in [-0.39, 0.29) is 23.6 Å². The summed E-state index contributed by atoms with van der Waals surface area (Å²) in [5.41, 5.74) is 0.873. The van der Waals surface area contributed by atoms with E-state index in [0.717, 1.165) is 36.6 Å². The lowest BCUT2D eigenvalue weighted by molar-refractivity contribution is -0.122. The Hall–Kier alpha value is -2.26. The maximum Gasteiger partial charge on any atom is 0.258 e. The lowest BCUT2D eigenvalue weighted by atomic mass is 10.1. The van der Waals surface area contributed by atoms with E-state index in [1.165, 1.54) is 139 Å². The van der Waals surface area contributed by atoms with Crippen LogP contribution in [0.5, 0.6) is 0 Å². The van der Waals surface area contributed by atoms with Crippen LogP contribution in [0.2, 0.25) is 0 Å². The van der Waals surface area contributed by atoms with Crippen molar-refractivity contribution in [1.29, 1.82) is 0 Å². The smallest absolute Gasteiger partial charge is 0.258 e. The summed E-state index contributed by atoms with van der Waals surface area (Å²) in [6.45, 7) is 1.53. The maximum absolute atomic E-state index is 12.5. The van der Waals surface area contributed by atoms with Crippen LogP contribution in [-0.4, -0.2) is 48.2 Å². The molecule has 2 N–H and O–H groups in total. The number of carbonyl (C=O) groups excluding carboxylic acids is 4. The van der Waals surface area contributed by atoms with Gasteiger partial charge >= 0.3 is 0 Å². The quantitative estimate of drug-likeness (QED) is 0.0514.